The number of carbonyl (C=O) groups is 2. The zero-order valence-corrected chi connectivity index (χ0v) is 13.6. The summed E-state index contributed by atoms with van der Waals surface area (Å²) >= 11 is 0. The summed E-state index contributed by atoms with van der Waals surface area (Å²) in [7, 11) is 0. The molecule has 1 fully saturated rings. The van der Waals surface area contributed by atoms with Gasteiger partial charge in [0.25, 0.3) is 0 Å². The topological polar surface area (TPSA) is 57.6 Å². The lowest BCUT2D eigenvalue weighted by molar-refractivity contribution is -0.149. The van der Waals surface area contributed by atoms with Crippen LogP contribution < -0.4 is 0 Å². The van der Waals surface area contributed by atoms with Gasteiger partial charge in [-0.2, -0.15) is 0 Å². The summed E-state index contributed by atoms with van der Waals surface area (Å²) in [5.74, 6) is -1.16. The van der Waals surface area contributed by atoms with Crippen LogP contribution in [0.1, 0.15) is 42.9 Å². The van der Waals surface area contributed by atoms with Crippen molar-refractivity contribution < 1.29 is 14.7 Å². The minimum atomic E-state index is -0.792. The molecule has 22 heavy (non-hydrogen) atoms. The molecule has 4 heteroatoms. The molecule has 1 aliphatic heterocycles. The van der Waals surface area contributed by atoms with Crippen LogP contribution in [0.2, 0.25) is 0 Å². The number of piperidine rings is 1. The molecule has 0 radical (unpaired) electrons. The Morgan fingerprint density at radius 3 is 2.45 bits per heavy atom. The van der Waals surface area contributed by atoms with E-state index in [-0.39, 0.29) is 11.9 Å². The Morgan fingerprint density at radius 2 is 1.86 bits per heavy atom. The molecule has 2 atom stereocenters. The molecular formula is C18H25NO3. The van der Waals surface area contributed by atoms with Crippen molar-refractivity contribution in [3.8, 4) is 0 Å². The SMILES string of the molecule is Cc1cc(C)cc(CCC(=O)N2CCC[C@@H](C(=O)O)[C@H]2C)c1. The van der Waals surface area contributed by atoms with Gasteiger partial charge in [0, 0.05) is 19.0 Å². The van der Waals surface area contributed by atoms with E-state index in [0.717, 1.165) is 6.42 Å². The predicted octanol–water partition coefficient (Wildman–Crippen LogP) is 2.95. The standard InChI is InChI=1S/C18H25NO3/c1-12-9-13(2)11-15(10-12)6-7-17(20)19-8-4-5-16(14(19)3)18(21)22/h9-11,14,16H,4-8H2,1-3H3,(H,21,22)/t14-,16-/m1/s1. The van der Waals surface area contributed by atoms with Crippen LogP contribution in [-0.4, -0.2) is 34.5 Å². The van der Waals surface area contributed by atoms with E-state index in [1.807, 2.05) is 6.92 Å². The number of aliphatic carboxylic acids is 1. The molecule has 0 saturated carbocycles. The Hall–Kier alpha value is -1.84. The van der Waals surface area contributed by atoms with Crippen LogP contribution in [0.15, 0.2) is 18.2 Å². The number of hydrogen-bond donors (Lipinski definition) is 1. The molecule has 1 amide bonds. The molecule has 1 heterocycles. The summed E-state index contributed by atoms with van der Waals surface area (Å²) < 4.78 is 0. The number of rotatable bonds is 4. The molecule has 120 valence electrons. The number of carboxylic acid groups (broad SMARTS) is 1. The number of benzene rings is 1. The maximum absolute atomic E-state index is 12.5. The number of carboxylic acids is 1. The lowest BCUT2D eigenvalue weighted by Crippen LogP contribution is -2.49. The molecule has 1 saturated heterocycles. The van der Waals surface area contributed by atoms with Crippen molar-refractivity contribution in [2.24, 2.45) is 5.92 Å². The second-order valence-corrected chi connectivity index (χ2v) is 6.41. The second-order valence-electron chi connectivity index (χ2n) is 6.41. The Bertz CT molecular complexity index is 547. The van der Waals surface area contributed by atoms with Gasteiger partial charge < -0.3 is 10.0 Å². The van der Waals surface area contributed by atoms with Gasteiger partial charge in [-0.05, 0) is 45.6 Å². The highest BCUT2D eigenvalue weighted by Crippen LogP contribution is 2.24. The molecule has 0 aliphatic carbocycles. The summed E-state index contributed by atoms with van der Waals surface area (Å²) in [6.45, 7) is 6.65. The first-order valence-electron chi connectivity index (χ1n) is 7.98. The molecule has 4 nitrogen and oxygen atoms in total. The van der Waals surface area contributed by atoms with Crippen LogP contribution in [0.5, 0.6) is 0 Å². The van der Waals surface area contributed by atoms with E-state index in [2.05, 4.69) is 32.0 Å². The van der Waals surface area contributed by atoms with Crippen LogP contribution in [0.4, 0.5) is 0 Å². The van der Waals surface area contributed by atoms with E-state index in [1.165, 1.54) is 16.7 Å². The van der Waals surface area contributed by atoms with Crippen molar-refractivity contribution in [2.75, 3.05) is 6.54 Å². The molecule has 1 N–H and O–H groups in total. The van der Waals surface area contributed by atoms with E-state index < -0.39 is 11.9 Å². The first kappa shape index (κ1) is 16.5. The van der Waals surface area contributed by atoms with Crippen LogP contribution >= 0.6 is 0 Å². The quantitative estimate of drug-likeness (QED) is 0.930. The largest absolute Gasteiger partial charge is 0.481 e. The Kier molecular flexibility index (Phi) is 5.22. The maximum Gasteiger partial charge on any atom is 0.308 e. The molecule has 2 rings (SSSR count). The van der Waals surface area contributed by atoms with Crippen molar-refractivity contribution in [1.82, 2.24) is 4.90 Å². The van der Waals surface area contributed by atoms with E-state index in [1.54, 1.807) is 4.90 Å². The van der Waals surface area contributed by atoms with E-state index >= 15 is 0 Å². The van der Waals surface area contributed by atoms with Crippen molar-refractivity contribution >= 4 is 11.9 Å². The van der Waals surface area contributed by atoms with Gasteiger partial charge >= 0.3 is 5.97 Å². The molecule has 1 aromatic carbocycles. The second kappa shape index (κ2) is 6.95. The van der Waals surface area contributed by atoms with Gasteiger partial charge in [-0.25, -0.2) is 0 Å². The minimum absolute atomic E-state index is 0.0672. The van der Waals surface area contributed by atoms with Gasteiger partial charge in [-0.3, -0.25) is 9.59 Å². The fourth-order valence-corrected chi connectivity index (χ4v) is 3.43. The van der Waals surface area contributed by atoms with Crippen LogP contribution in [0.3, 0.4) is 0 Å². The smallest absolute Gasteiger partial charge is 0.308 e. The maximum atomic E-state index is 12.5. The fourth-order valence-electron chi connectivity index (χ4n) is 3.43. The van der Waals surface area contributed by atoms with E-state index in [9.17, 15) is 14.7 Å². The molecular weight excluding hydrogens is 278 g/mol. The zero-order valence-electron chi connectivity index (χ0n) is 13.6. The first-order chi connectivity index (χ1) is 10.4. The van der Waals surface area contributed by atoms with Crippen LogP contribution in [-0.2, 0) is 16.0 Å². The lowest BCUT2D eigenvalue weighted by Gasteiger charge is -2.37. The predicted molar refractivity (Wildman–Crippen MR) is 85.8 cm³/mol. The summed E-state index contributed by atoms with van der Waals surface area (Å²) in [4.78, 5) is 25.5. The molecule has 0 aromatic heterocycles. The molecule has 0 spiro atoms. The highest BCUT2D eigenvalue weighted by Gasteiger charge is 2.34. The molecule has 0 unspecified atom stereocenters. The van der Waals surface area contributed by atoms with Crippen LogP contribution in [0.25, 0.3) is 0 Å². The Labute approximate surface area is 132 Å². The molecule has 1 aromatic rings. The highest BCUT2D eigenvalue weighted by molar-refractivity contribution is 5.79. The number of aryl methyl sites for hydroxylation is 3. The third-order valence-corrected chi connectivity index (χ3v) is 4.53. The number of amides is 1. The van der Waals surface area contributed by atoms with Crippen molar-refractivity contribution in [1.29, 1.82) is 0 Å². The molecule has 0 bridgehead atoms. The zero-order chi connectivity index (χ0) is 16.3. The minimum Gasteiger partial charge on any atom is -0.481 e. The summed E-state index contributed by atoms with van der Waals surface area (Å²) in [6.07, 6.45) is 2.59. The highest BCUT2D eigenvalue weighted by atomic mass is 16.4. The van der Waals surface area contributed by atoms with Gasteiger partial charge in [0.2, 0.25) is 5.91 Å². The van der Waals surface area contributed by atoms with E-state index in [4.69, 9.17) is 0 Å². The van der Waals surface area contributed by atoms with Gasteiger partial charge in [0.05, 0.1) is 5.92 Å². The third kappa shape index (κ3) is 3.87. The summed E-state index contributed by atoms with van der Waals surface area (Å²) in [5.41, 5.74) is 3.59. The van der Waals surface area contributed by atoms with Crippen molar-refractivity contribution in [3.05, 3.63) is 34.9 Å². The first-order valence-corrected chi connectivity index (χ1v) is 7.98. The fraction of sp³-hybridized carbons (Fsp3) is 0.556. The van der Waals surface area contributed by atoms with Gasteiger partial charge in [-0.1, -0.05) is 29.3 Å². The lowest BCUT2D eigenvalue weighted by atomic mass is 9.90. The number of hydrogen-bond acceptors (Lipinski definition) is 2. The summed E-state index contributed by atoms with van der Waals surface area (Å²) in [6, 6.07) is 6.13. The Morgan fingerprint density at radius 1 is 1.23 bits per heavy atom. The van der Waals surface area contributed by atoms with Crippen molar-refractivity contribution in [3.63, 3.8) is 0 Å². The van der Waals surface area contributed by atoms with Crippen molar-refractivity contribution in [2.45, 2.75) is 52.5 Å². The van der Waals surface area contributed by atoms with E-state index in [0.29, 0.717) is 25.8 Å². The average Bonchev–Trinajstić information content (AvgIpc) is 2.43. The third-order valence-electron chi connectivity index (χ3n) is 4.53. The average molecular weight is 303 g/mol. The van der Waals surface area contributed by atoms with Gasteiger partial charge in [-0.15, -0.1) is 0 Å². The number of likely N-dealkylation sites (tertiary alicyclic amines) is 1. The van der Waals surface area contributed by atoms with Crippen LogP contribution in [0, 0.1) is 19.8 Å². The van der Waals surface area contributed by atoms with Gasteiger partial charge in [0.15, 0.2) is 0 Å². The normalized spacial score (nSPS) is 21.7. The van der Waals surface area contributed by atoms with Gasteiger partial charge in [0.1, 0.15) is 0 Å². The summed E-state index contributed by atoms with van der Waals surface area (Å²) in [5, 5.41) is 9.24. The Balaban J connectivity index is 1.98. The monoisotopic (exact) mass is 303 g/mol. The molecule has 1 aliphatic rings. The number of nitrogens with zero attached hydrogens (tertiary/aromatic N) is 1. The number of carbonyl (C=O) groups excluding carboxylic acids is 1.